The maximum atomic E-state index is 12.3. The molecule has 0 spiro atoms. The normalized spacial score (nSPS) is 23.5. The second kappa shape index (κ2) is 4.77. The van der Waals surface area contributed by atoms with E-state index in [2.05, 4.69) is 24.3 Å². The largest absolute Gasteiger partial charge is 0.392 e. The molecule has 2 heteroatoms. The predicted molar refractivity (Wildman–Crippen MR) is 68.5 cm³/mol. The number of hydrogen-bond acceptors (Lipinski definition) is 2. The van der Waals surface area contributed by atoms with Gasteiger partial charge in [-0.1, -0.05) is 24.3 Å². The van der Waals surface area contributed by atoms with Gasteiger partial charge in [0, 0.05) is 0 Å². The molecule has 2 nitrogen and oxygen atoms in total. The van der Waals surface area contributed by atoms with Gasteiger partial charge in [0.05, 0.1) is 11.5 Å². The van der Waals surface area contributed by atoms with Crippen molar-refractivity contribution in [3.63, 3.8) is 0 Å². The van der Waals surface area contributed by atoms with Crippen molar-refractivity contribution < 1.29 is 9.90 Å². The molecule has 2 aliphatic carbocycles. The third kappa shape index (κ3) is 1.89. The Kier molecular flexibility index (Phi) is 3.53. The smallest absolute Gasteiger partial charge is 0.139 e. The van der Waals surface area contributed by atoms with Crippen LogP contribution in [0.25, 0.3) is 0 Å². The monoisotopic (exact) mass is 234 g/mol. The fourth-order valence-corrected chi connectivity index (χ4v) is 3.90. The number of carbonyl (C=O) groups excluding carboxylic acids is 1. The van der Waals surface area contributed by atoms with Crippen LogP contribution in [-0.2, 0) is 4.79 Å². The van der Waals surface area contributed by atoms with Gasteiger partial charge >= 0.3 is 0 Å². The van der Waals surface area contributed by atoms with Crippen LogP contribution in [0.4, 0.5) is 0 Å². The van der Waals surface area contributed by atoms with Crippen LogP contribution in [0.2, 0.25) is 0 Å². The number of allylic oxidation sites excluding steroid dienone is 4. The lowest BCUT2D eigenvalue weighted by Crippen LogP contribution is -2.50. The third-order valence-electron chi connectivity index (χ3n) is 4.67. The zero-order valence-corrected chi connectivity index (χ0v) is 10.7. The van der Waals surface area contributed by atoms with Crippen LogP contribution >= 0.6 is 0 Å². The van der Waals surface area contributed by atoms with Crippen LogP contribution in [0.1, 0.15) is 39.5 Å². The van der Waals surface area contributed by atoms with Gasteiger partial charge in [-0.2, -0.15) is 0 Å². The Morgan fingerprint density at radius 1 is 1.12 bits per heavy atom. The molecule has 94 valence electrons. The topological polar surface area (TPSA) is 37.3 Å². The Morgan fingerprint density at radius 3 is 1.71 bits per heavy atom. The van der Waals surface area contributed by atoms with Gasteiger partial charge in [0.25, 0.3) is 0 Å². The fraction of sp³-hybridized carbons (Fsp3) is 0.667. The number of rotatable bonds is 4. The average molecular weight is 234 g/mol. The van der Waals surface area contributed by atoms with E-state index in [0.717, 1.165) is 25.7 Å². The molecule has 0 unspecified atom stereocenters. The summed E-state index contributed by atoms with van der Waals surface area (Å²) in [5.74, 6) is 0.727. The van der Waals surface area contributed by atoms with E-state index in [1.54, 1.807) is 13.8 Å². The lowest BCUT2D eigenvalue weighted by Gasteiger charge is -2.44. The van der Waals surface area contributed by atoms with E-state index in [4.69, 9.17) is 0 Å². The van der Waals surface area contributed by atoms with Gasteiger partial charge in [0.2, 0.25) is 0 Å². The summed E-state index contributed by atoms with van der Waals surface area (Å²) >= 11 is 0. The zero-order valence-electron chi connectivity index (χ0n) is 10.7. The summed E-state index contributed by atoms with van der Waals surface area (Å²) < 4.78 is 0. The fourth-order valence-electron chi connectivity index (χ4n) is 3.90. The molecule has 0 aromatic rings. The lowest BCUT2D eigenvalue weighted by atomic mass is 9.59. The van der Waals surface area contributed by atoms with Gasteiger partial charge in [-0.3, -0.25) is 4.79 Å². The first-order valence-electron chi connectivity index (χ1n) is 6.59. The summed E-state index contributed by atoms with van der Waals surface area (Å²) in [5.41, 5.74) is -0.549. The highest BCUT2D eigenvalue weighted by Crippen LogP contribution is 2.50. The number of carbonyl (C=O) groups is 1. The number of ketones is 1. The SMILES string of the molecule is CC(=O)C(C1CC=CC1)(C1CC=CC1)[C@H](C)O. The van der Waals surface area contributed by atoms with E-state index in [1.165, 1.54) is 0 Å². The molecular formula is C15H22O2. The molecule has 0 heterocycles. The molecule has 0 fully saturated rings. The Bertz CT molecular complexity index is 314. The van der Waals surface area contributed by atoms with E-state index in [1.807, 2.05) is 0 Å². The van der Waals surface area contributed by atoms with Gasteiger partial charge in [0.1, 0.15) is 5.78 Å². The van der Waals surface area contributed by atoms with Crippen LogP contribution in [0.15, 0.2) is 24.3 Å². The van der Waals surface area contributed by atoms with E-state index in [-0.39, 0.29) is 17.6 Å². The van der Waals surface area contributed by atoms with Crippen LogP contribution in [0.3, 0.4) is 0 Å². The second-order valence-electron chi connectivity index (χ2n) is 5.44. The summed E-state index contributed by atoms with van der Waals surface area (Å²) in [6.45, 7) is 3.45. The third-order valence-corrected chi connectivity index (χ3v) is 4.67. The highest BCUT2D eigenvalue weighted by molar-refractivity contribution is 5.84. The Labute approximate surface area is 103 Å². The molecule has 0 aliphatic heterocycles. The molecular weight excluding hydrogens is 212 g/mol. The summed E-state index contributed by atoms with van der Waals surface area (Å²) in [5, 5.41) is 10.3. The van der Waals surface area contributed by atoms with E-state index < -0.39 is 11.5 Å². The minimum Gasteiger partial charge on any atom is -0.392 e. The highest BCUT2D eigenvalue weighted by atomic mass is 16.3. The van der Waals surface area contributed by atoms with Crippen LogP contribution in [-0.4, -0.2) is 17.0 Å². The molecule has 1 atom stereocenters. The molecule has 17 heavy (non-hydrogen) atoms. The molecule has 0 aromatic carbocycles. The van der Waals surface area contributed by atoms with Crippen molar-refractivity contribution in [2.24, 2.45) is 17.3 Å². The molecule has 0 radical (unpaired) electrons. The minimum absolute atomic E-state index is 0.162. The molecule has 0 saturated carbocycles. The van der Waals surface area contributed by atoms with Crippen molar-refractivity contribution in [1.82, 2.24) is 0 Å². The first-order chi connectivity index (χ1) is 8.10. The Morgan fingerprint density at radius 2 is 1.47 bits per heavy atom. The maximum Gasteiger partial charge on any atom is 0.139 e. The van der Waals surface area contributed by atoms with Crippen molar-refractivity contribution in [2.45, 2.75) is 45.6 Å². The zero-order chi connectivity index (χ0) is 12.5. The Balaban J connectivity index is 2.34. The number of aliphatic hydroxyl groups is 1. The number of hydrogen-bond donors (Lipinski definition) is 1. The van der Waals surface area contributed by atoms with Gasteiger partial charge in [-0.15, -0.1) is 0 Å². The summed E-state index contributed by atoms with van der Waals surface area (Å²) in [7, 11) is 0. The molecule has 0 bridgehead atoms. The van der Waals surface area contributed by atoms with Crippen molar-refractivity contribution in [2.75, 3.05) is 0 Å². The van der Waals surface area contributed by atoms with E-state index in [9.17, 15) is 9.90 Å². The Hall–Kier alpha value is -0.890. The van der Waals surface area contributed by atoms with Crippen LogP contribution in [0.5, 0.6) is 0 Å². The predicted octanol–water partition coefficient (Wildman–Crippen LogP) is 2.88. The summed E-state index contributed by atoms with van der Waals surface area (Å²) in [4.78, 5) is 12.3. The molecule has 1 N–H and O–H groups in total. The minimum atomic E-state index is -0.560. The van der Waals surface area contributed by atoms with Crippen molar-refractivity contribution in [3.8, 4) is 0 Å². The molecule has 0 saturated heterocycles. The lowest BCUT2D eigenvalue weighted by molar-refractivity contribution is -0.144. The standard InChI is InChI=1S/C15H22O2/c1-11(16)15(12(2)17,13-7-3-4-8-13)14-9-5-6-10-14/h3-6,11,13-14,16H,7-10H2,1-2H3/t11-/m0/s1. The van der Waals surface area contributed by atoms with Crippen molar-refractivity contribution in [3.05, 3.63) is 24.3 Å². The van der Waals surface area contributed by atoms with Crippen molar-refractivity contribution >= 4 is 5.78 Å². The molecule has 0 amide bonds. The van der Waals surface area contributed by atoms with Gasteiger partial charge in [0.15, 0.2) is 0 Å². The van der Waals surface area contributed by atoms with Crippen LogP contribution in [0, 0.1) is 17.3 Å². The van der Waals surface area contributed by atoms with E-state index in [0.29, 0.717) is 0 Å². The molecule has 2 rings (SSSR count). The van der Waals surface area contributed by atoms with Gasteiger partial charge in [-0.25, -0.2) is 0 Å². The highest BCUT2D eigenvalue weighted by Gasteiger charge is 2.52. The molecule has 2 aliphatic rings. The van der Waals surface area contributed by atoms with Gasteiger partial charge < -0.3 is 5.11 Å². The average Bonchev–Trinajstić information content (AvgIpc) is 2.88. The maximum absolute atomic E-state index is 12.3. The first-order valence-corrected chi connectivity index (χ1v) is 6.59. The number of Topliss-reactive ketones (excluding diaryl/α,β-unsaturated/α-hetero) is 1. The first kappa shape index (κ1) is 12.6. The van der Waals surface area contributed by atoms with Crippen LogP contribution < -0.4 is 0 Å². The van der Waals surface area contributed by atoms with Gasteiger partial charge in [-0.05, 0) is 51.4 Å². The summed E-state index contributed by atoms with van der Waals surface area (Å²) in [6.07, 6.45) is 11.7. The second-order valence-corrected chi connectivity index (χ2v) is 5.44. The summed E-state index contributed by atoms with van der Waals surface area (Å²) in [6, 6.07) is 0. The number of aliphatic hydroxyl groups excluding tert-OH is 1. The van der Waals surface area contributed by atoms with Crippen molar-refractivity contribution in [1.29, 1.82) is 0 Å². The molecule has 0 aromatic heterocycles. The quantitative estimate of drug-likeness (QED) is 0.759. The van der Waals surface area contributed by atoms with E-state index >= 15 is 0 Å².